The quantitative estimate of drug-likeness (QED) is 0.739. The van der Waals surface area contributed by atoms with Gasteiger partial charge in [-0.15, -0.1) is 0 Å². The van der Waals surface area contributed by atoms with E-state index in [2.05, 4.69) is 4.98 Å². The minimum Gasteiger partial charge on any atom is -0.481 e. The smallest absolute Gasteiger partial charge is 0.328 e. The van der Waals surface area contributed by atoms with Crippen molar-refractivity contribution in [1.82, 2.24) is 4.98 Å². The van der Waals surface area contributed by atoms with Crippen molar-refractivity contribution < 1.29 is 14.6 Å². The molecule has 0 fully saturated rings. The Bertz CT molecular complexity index is 372. The van der Waals surface area contributed by atoms with Crippen molar-refractivity contribution in [1.29, 1.82) is 0 Å². The van der Waals surface area contributed by atoms with E-state index in [1.807, 2.05) is 0 Å². The molecule has 0 spiro atoms. The third kappa shape index (κ3) is 2.58. The molecule has 14 heavy (non-hydrogen) atoms. The molecule has 74 valence electrons. The van der Waals surface area contributed by atoms with Crippen LogP contribution < -0.4 is 4.74 Å². The number of aryl methyl sites for hydroxylation is 1. The predicted molar refractivity (Wildman–Crippen MR) is 52.2 cm³/mol. The summed E-state index contributed by atoms with van der Waals surface area (Å²) in [7, 11) is 1.54. The fraction of sp³-hybridized carbons (Fsp3) is 0.200. The first kappa shape index (κ1) is 10.2. The lowest BCUT2D eigenvalue weighted by Crippen LogP contribution is -1.92. The Labute approximate surface area is 81.9 Å². The van der Waals surface area contributed by atoms with E-state index < -0.39 is 5.97 Å². The number of nitrogens with zero attached hydrogens (tertiary/aromatic N) is 1. The number of ether oxygens (including phenoxy) is 1. The average molecular weight is 193 g/mol. The molecule has 0 radical (unpaired) electrons. The highest BCUT2D eigenvalue weighted by molar-refractivity contribution is 5.85. The number of hydrogen-bond acceptors (Lipinski definition) is 3. The van der Waals surface area contributed by atoms with Gasteiger partial charge < -0.3 is 9.84 Å². The van der Waals surface area contributed by atoms with Crippen molar-refractivity contribution in [3.63, 3.8) is 0 Å². The fourth-order valence-corrected chi connectivity index (χ4v) is 1.000. The molecule has 1 aromatic rings. The Morgan fingerprint density at radius 2 is 2.29 bits per heavy atom. The van der Waals surface area contributed by atoms with Gasteiger partial charge in [-0.3, -0.25) is 0 Å². The molecule has 0 aliphatic heterocycles. The van der Waals surface area contributed by atoms with Crippen molar-refractivity contribution in [2.75, 3.05) is 7.11 Å². The van der Waals surface area contributed by atoms with Crippen LogP contribution in [0.3, 0.4) is 0 Å². The molecule has 1 N–H and O–H groups in total. The van der Waals surface area contributed by atoms with Crippen LogP contribution in [0, 0.1) is 6.92 Å². The second kappa shape index (κ2) is 4.41. The van der Waals surface area contributed by atoms with Crippen LogP contribution in [0.2, 0.25) is 0 Å². The Morgan fingerprint density at radius 1 is 1.57 bits per heavy atom. The molecule has 0 atom stereocenters. The second-order valence-electron chi connectivity index (χ2n) is 2.70. The molecule has 0 aliphatic rings. The standard InChI is InChI=1S/C10H11NO3/c1-7-8(4-6-10(12)13)3-5-9(11-7)14-2/h3-6H,1-2H3,(H,12,13). The summed E-state index contributed by atoms with van der Waals surface area (Å²) >= 11 is 0. The molecule has 0 saturated heterocycles. The molecule has 0 unspecified atom stereocenters. The van der Waals surface area contributed by atoms with Gasteiger partial charge in [-0.1, -0.05) is 0 Å². The highest BCUT2D eigenvalue weighted by Gasteiger charge is 1.98. The van der Waals surface area contributed by atoms with Gasteiger partial charge in [0.1, 0.15) is 0 Å². The van der Waals surface area contributed by atoms with Gasteiger partial charge in [-0.05, 0) is 24.6 Å². The van der Waals surface area contributed by atoms with Gasteiger partial charge in [-0.25, -0.2) is 9.78 Å². The van der Waals surface area contributed by atoms with Gasteiger partial charge in [0.2, 0.25) is 5.88 Å². The normalized spacial score (nSPS) is 10.4. The lowest BCUT2D eigenvalue weighted by atomic mass is 10.2. The third-order valence-corrected chi connectivity index (χ3v) is 1.72. The van der Waals surface area contributed by atoms with E-state index in [1.165, 1.54) is 13.2 Å². The molecule has 0 bridgehead atoms. The van der Waals surface area contributed by atoms with E-state index >= 15 is 0 Å². The summed E-state index contributed by atoms with van der Waals surface area (Å²) in [6, 6.07) is 3.45. The van der Waals surface area contributed by atoms with Gasteiger partial charge in [0.25, 0.3) is 0 Å². The zero-order valence-corrected chi connectivity index (χ0v) is 8.02. The molecule has 4 nitrogen and oxygen atoms in total. The number of pyridine rings is 1. The molecule has 0 amide bonds. The monoisotopic (exact) mass is 193 g/mol. The van der Waals surface area contributed by atoms with E-state index in [9.17, 15) is 4.79 Å². The zero-order chi connectivity index (χ0) is 10.6. The second-order valence-corrected chi connectivity index (χ2v) is 2.70. The molecule has 0 aliphatic carbocycles. The highest BCUT2D eigenvalue weighted by atomic mass is 16.5. The van der Waals surface area contributed by atoms with Gasteiger partial charge in [-0.2, -0.15) is 0 Å². The first-order valence-corrected chi connectivity index (χ1v) is 4.06. The number of rotatable bonds is 3. The lowest BCUT2D eigenvalue weighted by Gasteiger charge is -2.02. The van der Waals surface area contributed by atoms with E-state index in [0.29, 0.717) is 5.88 Å². The van der Waals surface area contributed by atoms with Crippen molar-refractivity contribution in [2.24, 2.45) is 0 Å². The van der Waals surface area contributed by atoms with Crippen LogP contribution in [0.15, 0.2) is 18.2 Å². The maximum Gasteiger partial charge on any atom is 0.328 e. The maximum absolute atomic E-state index is 10.3. The first-order valence-electron chi connectivity index (χ1n) is 4.06. The van der Waals surface area contributed by atoms with Crippen LogP contribution in [0.5, 0.6) is 5.88 Å². The molecule has 4 heteroatoms. The molecule has 1 heterocycles. The third-order valence-electron chi connectivity index (χ3n) is 1.72. The minimum absolute atomic E-state index is 0.523. The summed E-state index contributed by atoms with van der Waals surface area (Å²) in [5.41, 5.74) is 1.51. The van der Waals surface area contributed by atoms with Gasteiger partial charge in [0.05, 0.1) is 7.11 Å². The molecule has 0 saturated carbocycles. The van der Waals surface area contributed by atoms with E-state index in [0.717, 1.165) is 17.3 Å². The first-order chi connectivity index (χ1) is 6.63. The Kier molecular flexibility index (Phi) is 3.23. The number of carboxylic acids is 1. The summed E-state index contributed by atoms with van der Waals surface area (Å²) in [6.45, 7) is 1.80. The van der Waals surface area contributed by atoms with Crippen molar-refractivity contribution in [2.45, 2.75) is 6.92 Å². The van der Waals surface area contributed by atoms with Crippen LogP contribution in [0.4, 0.5) is 0 Å². The van der Waals surface area contributed by atoms with E-state index in [1.54, 1.807) is 19.1 Å². The number of methoxy groups -OCH3 is 1. The Balaban J connectivity index is 2.94. The summed E-state index contributed by atoms with van der Waals surface area (Å²) in [5.74, 6) is -0.449. The largest absolute Gasteiger partial charge is 0.481 e. The number of aliphatic carboxylic acids is 1. The topological polar surface area (TPSA) is 59.4 Å². The predicted octanol–water partition coefficient (Wildman–Crippen LogP) is 1.50. The van der Waals surface area contributed by atoms with Crippen LogP contribution in [-0.4, -0.2) is 23.2 Å². The molecule has 1 rings (SSSR count). The maximum atomic E-state index is 10.3. The molecular weight excluding hydrogens is 182 g/mol. The van der Waals surface area contributed by atoms with E-state index in [4.69, 9.17) is 9.84 Å². The molecule has 0 aromatic carbocycles. The lowest BCUT2D eigenvalue weighted by molar-refractivity contribution is -0.131. The van der Waals surface area contributed by atoms with Crippen LogP contribution in [-0.2, 0) is 4.79 Å². The molecular formula is C10H11NO3. The summed E-state index contributed by atoms with van der Waals surface area (Å²) in [6.07, 6.45) is 2.58. The summed E-state index contributed by atoms with van der Waals surface area (Å²) < 4.78 is 4.92. The summed E-state index contributed by atoms with van der Waals surface area (Å²) in [4.78, 5) is 14.4. The number of aromatic nitrogens is 1. The molecule has 1 aromatic heterocycles. The van der Waals surface area contributed by atoms with Crippen LogP contribution in [0.25, 0.3) is 6.08 Å². The summed E-state index contributed by atoms with van der Waals surface area (Å²) in [5, 5.41) is 8.43. The van der Waals surface area contributed by atoms with Crippen LogP contribution >= 0.6 is 0 Å². The van der Waals surface area contributed by atoms with E-state index in [-0.39, 0.29) is 0 Å². The number of carbonyl (C=O) groups is 1. The van der Waals surface area contributed by atoms with Crippen LogP contribution in [0.1, 0.15) is 11.3 Å². The van der Waals surface area contributed by atoms with Gasteiger partial charge in [0, 0.05) is 17.8 Å². The number of hydrogen-bond donors (Lipinski definition) is 1. The Morgan fingerprint density at radius 3 is 2.79 bits per heavy atom. The van der Waals surface area contributed by atoms with Gasteiger partial charge >= 0.3 is 5.97 Å². The van der Waals surface area contributed by atoms with Crippen molar-refractivity contribution in [3.05, 3.63) is 29.5 Å². The fourth-order valence-electron chi connectivity index (χ4n) is 1.000. The average Bonchev–Trinajstić information content (AvgIpc) is 2.15. The van der Waals surface area contributed by atoms with Crippen molar-refractivity contribution in [3.8, 4) is 5.88 Å². The van der Waals surface area contributed by atoms with Crippen molar-refractivity contribution >= 4 is 12.0 Å². The minimum atomic E-state index is -0.972. The highest BCUT2D eigenvalue weighted by Crippen LogP contribution is 2.13. The van der Waals surface area contributed by atoms with Gasteiger partial charge in [0.15, 0.2) is 0 Å². The number of carboxylic acid groups (broad SMARTS) is 1. The Hall–Kier alpha value is -1.84. The zero-order valence-electron chi connectivity index (χ0n) is 8.02. The SMILES string of the molecule is COc1ccc(C=CC(=O)O)c(C)n1.